The summed E-state index contributed by atoms with van der Waals surface area (Å²) in [5, 5.41) is 0. The van der Waals surface area contributed by atoms with E-state index < -0.39 is 10.0 Å². The molecule has 0 bridgehead atoms. The van der Waals surface area contributed by atoms with E-state index in [2.05, 4.69) is 9.62 Å². The van der Waals surface area contributed by atoms with Crippen LogP contribution >= 0.6 is 0 Å². The normalized spacial score (nSPS) is 18.0. The predicted molar refractivity (Wildman–Crippen MR) is 85.7 cm³/mol. The summed E-state index contributed by atoms with van der Waals surface area (Å²) in [4.78, 5) is 2.53. The van der Waals surface area contributed by atoms with Crippen LogP contribution < -0.4 is 10.5 Å². The molecule has 1 aliphatic rings. The average molecular weight is 311 g/mol. The number of hydrogen-bond acceptors (Lipinski definition) is 4. The molecular weight excluding hydrogens is 286 g/mol. The molecule has 2 rings (SSSR count). The van der Waals surface area contributed by atoms with E-state index in [0.717, 1.165) is 31.6 Å². The van der Waals surface area contributed by atoms with Crippen LogP contribution in [-0.4, -0.2) is 39.0 Å². The maximum absolute atomic E-state index is 12.4. The third-order valence-electron chi connectivity index (χ3n) is 3.90. The lowest BCUT2D eigenvalue weighted by Crippen LogP contribution is -2.41. The number of sulfonamides is 1. The molecule has 0 aliphatic carbocycles. The Bertz CT molecular complexity index is 581. The Morgan fingerprint density at radius 1 is 1.33 bits per heavy atom. The molecule has 1 fully saturated rings. The minimum absolute atomic E-state index is 0.111. The zero-order valence-corrected chi connectivity index (χ0v) is 13.6. The van der Waals surface area contributed by atoms with Gasteiger partial charge in [0.25, 0.3) is 0 Å². The maximum Gasteiger partial charge on any atom is 0.240 e. The van der Waals surface area contributed by atoms with Crippen LogP contribution in [0.4, 0.5) is 5.69 Å². The third kappa shape index (κ3) is 4.18. The lowest BCUT2D eigenvalue weighted by Gasteiger charge is -2.21. The molecule has 0 saturated carbocycles. The largest absolute Gasteiger partial charge is 0.398 e. The van der Waals surface area contributed by atoms with Crippen molar-refractivity contribution in [3.8, 4) is 0 Å². The first-order chi connectivity index (χ1) is 9.92. The zero-order valence-electron chi connectivity index (χ0n) is 12.8. The number of aryl methyl sites for hydroxylation is 1. The van der Waals surface area contributed by atoms with E-state index in [1.807, 2.05) is 13.8 Å². The van der Waals surface area contributed by atoms with Crippen molar-refractivity contribution in [3.63, 3.8) is 0 Å². The van der Waals surface area contributed by atoms with Gasteiger partial charge in [0.1, 0.15) is 0 Å². The molecule has 0 spiro atoms. The van der Waals surface area contributed by atoms with Gasteiger partial charge < -0.3 is 10.6 Å². The number of nitrogens with two attached hydrogens (primary N) is 1. The topological polar surface area (TPSA) is 75.4 Å². The molecule has 1 aliphatic heterocycles. The molecular formula is C15H25N3O2S. The van der Waals surface area contributed by atoms with Crippen LogP contribution in [0, 0.1) is 0 Å². The summed E-state index contributed by atoms with van der Waals surface area (Å²) in [7, 11) is -3.51. The van der Waals surface area contributed by atoms with E-state index in [1.165, 1.54) is 12.8 Å². The summed E-state index contributed by atoms with van der Waals surface area (Å²) in [5.41, 5.74) is 7.40. The second-order valence-electron chi connectivity index (χ2n) is 5.74. The van der Waals surface area contributed by atoms with Gasteiger partial charge in [-0.3, -0.25) is 0 Å². The van der Waals surface area contributed by atoms with Gasteiger partial charge in [-0.1, -0.05) is 13.0 Å². The minimum Gasteiger partial charge on any atom is -0.398 e. The fraction of sp³-hybridized carbons (Fsp3) is 0.600. The van der Waals surface area contributed by atoms with E-state index >= 15 is 0 Å². The highest BCUT2D eigenvalue weighted by Crippen LogP contribution is 2.19. The van der Waals surface area contributed by atoms with Gasteiger partial charge in [0.2, 0.25) is 10.0 Å². The Morgan fingerprint density at radius 2 is 2.00 bits per heavy atom. The van der Waals surface area contributed by atoms with Gasteiger partial charge >= 0.3 is 0 Å². The van der Waals surface area contributed by atoms with Gasteiger partial charge in [-0.15, -0.1) is 0 Å². The first kappa shape index (κ1) is 16.3. The summed E-state index contributed by atoms with van der Waals surface area (Å²) in [6.07, 6.45) is 3.20. The lowest BCUT2D eigenvalue weighted by molar-refractivity contribution is 0.313. The predicted octanol–water partition coefficient (Wildman–Crippen LogP) is 1.59. The number of nitrogens with zero attached hydrogens (tertiary/aromatic N) is 1. The first-order valence-corrected chi connectivity index (χ1v) is 9.04. The standard InChI is InChI=1S/C15H25N3O2S/c1-3-13-6-7-14(10-15(13)16)21(19,20)17-12(2)11-18-8-4-5-9-18/h6-7,10,12,17H,3-5,8-9,11,16H2,1-2H3. The highest BCUT2D eigenvalue weighted by atomic mass is 32.2. The maximum atomic E-state index is 12.4. The van der Waals surface area contributed by atoms with E-state index in [1.54, 1.807) is 18.2 Å². The van der Waals surface area contributed by atoms with Crippen molar-refractivity contribution in [2.45, 2.75) is 44.0 Å². The first-order valence-electron chi connectivity index (χ1n) is 7.55. The molecule has 5 nitrogen and oxygen atoms in total. The summed E-state index contributed by atoms with van der Waals surface area (Å²) in [5.74, 6) is 0. The summed E-state index contributed by atoms with van der Waals surface area (Å²) >= 11 is 0. The van der Waals surface area contributed by atoms with Crippen molar-refractivity contribution in [2.75, 3.05) is 25.4 Å². The molecule has 118 valence electrons. The van der Waals surface area contributed by atoms with Crippen molar-refractivity contribution >= 4 is 15.7 Å². The number of benzene rings is 1. The third-order valence-corrected chi connectivity index (χ3v) is 5.48. The Balaban J connectivity index is 2.05. The second-order valence-corrected chi connectivity index (χ2v) is 7.46. The Kier molecular flexibility index (Phi) is 5.24. The fourth-order valence-corrected chi connectivity index (χ4v) is 4.05. The lowest BCUT2D eigenvalue weighted by atomic mass is 10.1. The molecule has 0 amide bonds. The number of nitrogens with one attached hydrogen (secondary N) is 1. The highest BCUT2D eigenvalue weighted by molar-refractivity contribution is 7.89. The number of nitrogen functional groups attached to an aromatic ring is 1. The Labute approximate surface area is 127 Å². The van der Waals surface area contributed by atoms with Crippen LogP contribution in [0.3, 0.4) is 0 Å². The Hall–Kier alpha value is -1.11. The Morgan fingerprint density at radius 3 is 2.57 bits per heavy atom. The summed E-state index contributed by atoms with van der Waals surface area (Å²) in [6, 6.07) is 4.85. The number of rotatable bonds is 6. The molecule has 1 heterocycles. The van der Waals surface area contributed by atoms with Crippen molar-refractivity contribution in [1.82, 2.24) is 9.62 Å². The van der Waals surface area contributed by atoms with Crippen molar-refractivity contribution in [3.05, 3.63) is 23.8 Å². The molecule has 1 unspecified atom stereocenters. The highest BCUT2D eigenvalue weighted by Gasteiger charge is 2.21. The molecule has 6 heteroatoms. The average Bonchev–Trinajstić information content (AvgIpc) is 2.90. The summed E-state index contributed by atoms with van der Waals surface area (Å²) < 4.78 is 27.5. The van der Waals surface area contributed by atoms with Crippen molar-refractivity contribution in [2.24, 2.45) is 0 Å². The molecule has 0 radical (unpaired) electrons. The summed E-state index contributed by atoms with van der Waals surface area (Å²) in [6.45, 7) is 6.77. The molecule has 21 heavy (non-hydrogen) atoms. The molecule has 1 atom stereocenters. The molecule has 1 aromatic carbocycles. The van der Waals surface area contributed by atoms with Gasteiger partial charge in [0.15, 0.2) is 0 Å². The number of hydrogen-bond donors (Lipinski definition) is 2. The molecule has 1 saturated heterocycles. The van der Waals surface area contributed by atoms with Crippen LogP contribution in [0.25, 0.3) is 0 Å². The van der Waals surface area contributed by atoms with Crippen LogP contribution in [0.1, 0.15) is 32.3 Å². The number of likely N-dealkylation sites (tertiary alicyclic amines) is 1. The number of anilines is 1. The van der Waals surface area contributed by atoms with Gasteiger partial charge in [0.05, 0.1) is 4.90 Å². The van der Waals surface area contributed by atoms with E-state index in [0.29, 0.717) is 5.69 Å². The molecule has 3 N–H and O–H groups in total. The minimum atomic E-state index is -3.51. The van der Waals surface area contributed by atoms with Gasteiger partial charge in [-0.25, -0.2) is 13.1 Å². The smallest absolute Gasteiger partial charge is 0.240 e. The van der Waals surface area contributed by atoms with E-state index in [-0.39, 0.29) is 10.9 Å². The van der Waals surface area contributed by atoms with Crippen molar-refractivity contribution < 1.29 is 8.42 Å². The van der Waals surface area contributed by atoms with Gasteiger partial charge in [-0.05, 0) is 57.0 Å². The van der Waals surface area contributed by atoms with Crippen LogP contribution in [0.15, 0.2) is 23.1 Å². The molecule has 0 aromatic heterocycles. The van der Waals surface area contributed by atoms with Crippen LogP contribution in [0.5, 0.6) is 0 Å². The molecule has 1 aromatic rings. The van der Waals surface area contributed by atoms with Crippen LogP contribution in [-0.2, 0) is 16.4 Å². The monoisotopic (exact) mass is 311 g/mol. The van der Waals surface area contributed by atoms with Gasteiger partial charge in [0, 0.05) is 18.3 Å². The van der Waals surface area contributed by atoms with Gasteiger partial charge in [-0.2, -0.15) is 0 Å². The zero-order chi connectivity index (χ0) is 15.5. The van der Waals surface area contributed by atoms with Crippen molar-refractivity contribution in [1.29, 1.82) is 0 Å². The van der Waals surface area contributed by atoms with Crippen LogP contribution in [0.2, 0.25) is 0 Å². The second kappa shape index (κ2) is 6.77. The van der Waals surface area contributed by atoms with E-state index in [9.17, 15) is 8.42 Å². The quantitative estimate of drug-likeness (QED) is 0.782. The SMILES string of the molecule is CCc1ccc(S(=O)(=O)NC(C)CN2CCCC2)cc1N. The van der Waals surface area contributed by atoms with E-state index in [4.69, 9.17) is 5.73 Å². The fourth-order valence-electron chi connectivity index (χ4n) is 2.78.